The fraction of sp³-hybridized carbons (Fsp3) is 0.400. The molecule has 1 aliphatic rings. The predicted octanol–water partition coefficient (Wildman–Crippen LogP) is 4.18. The van der Waals surface area contributed by atoms with Gasteiger partial charge in [0.15, 0.2) is 0 Å². The first-order valence-corrected chi connectivity index (χ1v) is 8.89. The van der Waals surface area contributed by atoms with E-state index in [1.807, 2.05) is 6.33 Å². The van der Waals surface area contributed by atoms with Crippen molar-refractivity contribution in [1.29, 1.82) is 0 Å². The Balaban J connectivity index is 1.65. The monoisotopic (exact) mass is 303 g/mol. The normalized spacial score (nSPS) is 20.7. The average Bonchev–Trinajstić information content (AvgIpc) is 3.16. The zero-order valence-electron chi connectivity index (χ0n) is 11.2. The number of rotatable bonds is 3. The lowest BCUT2D eigenvalue weighted by Crippen LogP contribution is -2.33. The summed E-state index contributed by atoms with van der Waals surface area (Å²) < 4.78 is 2.15. The first-order chi connectivity index (χ1) is 9.92. The van der Waals surface area contributed by atoms with E-state index in [1.54, 1.807) is 22.7 Å². The predicted molar refractivity (Wildman–Crippen MR) is 84.4 cm³/mol. The molecule has 4 heterocycles. The van der Waals surface area contributed by atoms with Crippen LogP contribution in [0, 0.1) is 0 Å². The van der Waals surface area contributed by atoms with Gasteiger partial charge in [0.1, 0.15) is 11.2 Å². The molecule has 1 saturated heterocycles. The summed E-state index contributed by atoms with van der Waals surface area (Å²) in [7, 11) is 0. The summed E-state index contributed by atoms with van der Waals surface area (Å²) in [5.74, 6) is 0. The molecule has 0 N–H and O–H groups in total. The molecule has 4 rings (SSSR count). The van der Waals surface area contributed by atoms with Crippen LogP contribution in [0.2, 0.25) is 0 Å². The molecular weight excluding hydrogens is 286 g/mol. The summed E-state index contributed by atoms with van der Waals surface area (Å²) in [6.07, 6.45) is 7.91. The Bertz CT molecular complexity index is 683. The van der Waals surface area contributed by atoms with Gasteiger partial charge in [-0.25, -0.2) is 4.98 Å². The van der Waals surface area contributed by atoms with Crippen molar-refractivity contribution in [3.63, 3.8) is 0 Å². The molecule has 0 bridgehead atoms. The van der Waals surface area contributed by atoms with Crippen molar-refractivity contribution in [2.75, 3.05) is 6.54 Å². The Morgan fingerprint density at radius 1 is 1.30 bits per heavy atom. The number of hydrogen-bond acceptors (Lipinski definition) is 4. The minimum absolute atomic E-state index is 0.479. The largest absolute Gasteiger partial charge is 0.297 e. The second-order valence-corrected chi connectivity index (χ2v) is 7.03. The van der Waals surface area contributed by atoms with Gasteiger partial charge in [-0.1, -0.05) is 6.42 Å². The molecule has 3 nitrogen and oxygen atoms in total. The average molecular weight is 303 g/mol. The highest BCUT2D eigenvalue weighted by atomic mass is 32.1. The highest BCUT2D eigenvalue weighted by Crippen LogP contribution is 2.34. The number of thiazole rings is 1. The van der Waals surface area contributed by atoms with Crippen LogP contribution in [0.15, 0.2) is 34.7 Å². The third kappa shape index (κ3) is 2.20. The molecule has 0 saturated carbocycles. The van der Waals surface area contributed by atoms with Crippen molar-refractivity contribution < 1.29 is 0 Å². The van der Waals surface area contributed by atoms with E-state index in [1.165, 1.54) is 41.9 Å². The van der Waals surface area contributed by atoms with Crippen LogP contribution in [0.4, 0.5) is 0 Å². The van der Waals surface area contributed by atoms with E-state index in [0.29, 0.717) is 6.04 Å². The molecule has 1 aliphatic heterocycles. The van der Waals surface area contributed by atoms with Gasteiger partial charge in [-0.15, -0.1) is 11.3 Å². The Morgan fingerprint density at radius 3 is 3.20 bits per heavy atom. The lowest BCUT2D eigenvalue weighted by molar-refractivity contribution is 0.139. The quantitative estimate of drug-likeness (QED) is 0.723. The van der Waals surface area contributed by atoms with Crippen LogP contribution in [-0.4, -0.2) is 20.8 Å². The molecule has 1 fully saturated rings. The molecule has 0 unspecified atom stereocenters. The van der Waals surface area contributed by atoms with Crippen LogP contribution in [0.1, 0.15) is 36.6 Å². The van der Waals surface area contributed by atoms with Crippen LogP contribution < -0.4 is 0 Å². The first-order valence-electron chi connectivity index (χ1n) is 7.07. The number of hydrogen-bond donors (Lipinski definition) is 0. The van der Waals surface area contributed by atoms with Crippen LogP contribution in [-0.2, 0) is 6.54 Å². The topological polar surface area (TPSA) is 20.5 Å². The fourth-order valence-electron chi connectivity index (χ4n) is 3.09. The number of likely N-dealkylation sites (tertiary alicyclic amines) is 1. The van der Waals surface area contributed by atoms with Gasteiger partial charge in [0.05, 0.1) is 11.7 Å². The van der Waals surface area contributed by atoms with E-state index in [2.05, 4.69) is 37.7 Å². The van der Waals surface area contributed by atoms with Gasteiger partial charge in [0.25, 0.3) is 0 Å². The van der Waals surface area contributed by atoms with Crippen molar-refractivity contribution in [2.24, 2.45) is 0 Å². The van der Waals surface area contributed by atoms with E-state index in [4.69, 9.17) is 4.98 Å². The number of fused-ring (bicyclic) bond motifs is 1. The van der Waals surface area contributed by atoms with Crippen molar-refractivity contribution in [2.45, 2.75) is 31.8 Å². The van der Waals surface area contributed by atoms with E-state index >= 15 is 0 Å². The molecule has 3 aromatic heterocycles. The van der Waals surface area contributed by atoms with Gasteiger partial charge < -0.3 is 0 Å². The number of piperidine rings is 1. The molecule has 0 spiro atoms. The van der Waals surface area contributed by atoms with Crippen molar-refractivity contribution in [3.05, 3.63) is 46.0 Å². The first kappa shape index (κ1) is 12.6. The second-order valence-electron chi connectivity index (χ2n) is 5.36. The summed E-state index contributed by atoms with van der Waals surface area (Å²) in [6.45, 7) is 2.24. The number of imidazole rings is 1. The van der Waals surface area contributed by atoms with Gasteiger partial charge >= 0.3 is 0 Å². The highest BCUT2D eigenvalue weighted by Gasteiger charge is 2.27. The Labute approximate surface area is 126 Å². The third-order valence-electron chi connectivity index (χ3n) is 4.07. The molecule has 0 radical (unpaired) electrons. The smallest absolute Gasteiger partial charge is 0.124 e. The zero-order valence-corrected chi connectivity index (χ0v) is 12.9. The van der Waals surface area contributed by atoms with Gasteiger partial charge in [0, 0.05) is 18.1 Å². The van der Waals surface area contributed by atoms with Crippen LogP contribution in [0.25, 0.3) is 4.83 Å². The van der Waals surface area contributed by atoms with Gasteiger partial charge in [-0.2, -0.15) is 11.3 Å². The van der Waals surface area contributed by atoms with E-state index in [-0.39, 0.29) is 0 Å². The lowest BCUT2D eigenvalue weighted by atomic mass is 9.99. The maximum absolute atomic E-state index is 4.69. The zero-order chi connectivity index (χ0) is 13.4. The van der Waals surface area contributed by atoms with Crippen molar-refractivity contribution >= 4 is 27.5 Å². The summed E-state index contributed by atoms with van der Waals surface area (Å²) >= 11 is 3.59. The number of aromatic nitrogens is 2. The molecule has 3 aromatic rings. The van der Waals surface area contributed by atoms with E-state index < -0.39 is 0 Å². The second kappa shape index (κ2) is 5.31. The van der Waals surface area contributed by atoms with Crippen LogP contribution >= 0.6 is 22.7 Å². The molecule has 0 aromatic carbocycles. The maximum atomic E-state index is 4.69. The minimum atomic E-state index is 0.479. The molecule has 1 atom stereocenters. The molecule has 0 aliphatic carbocycles. The SMILES string of the molecule is c1cc(CN2CCCC[C@H]2c2ncn3ccsc23)cs1. The Hall–Kier alpha value is -1.17. The Kier molecular flexibility index (Phi) is 3.34. The van der Waals surface area contributed by atoms with E-state index in [0.717, 1.165) is 6.54 Å². The molecular formula is C15H17N3S2. The highest BCUT2D eigenvalue weighted by molar-refractivity contribution is 7.15. The van der Waals surface area contributed by atoms with Gasteiger partial charge in [-0.3, -0.25) is 9.30 Å². The maximum Gasteiger partial charge on any atom is 0.124 e. The van der Waals surface area contributed by atoms with Crippen molar-refractivity contribution in [1.82, 2.24) is 14.3 Å². The summed E-state index contributed by atoms with van der Waals surface area (Å²) in [5, 5.41) is 6.58. The van der Waals surface area contributed by atoms with Crippen LogP contribution in [0.5, 0.6) is 0 Å². The van der Waals surface area contributed by atoms with E-state index in [9.17, 15) is 0 Å². The lowest BCUT2D eigenvalue weighted by Gasteiger charge is -2.34. The standard InChI is InChI=1S/C15H17N3S2/c1-2-5-17(9-12-4-7-19-10-12)13(3-1)14-15-18(11-16-14)6-8-20-15/h4,6-8,10-11,13H,1-3,5,9H2/t13-/m0/s1. The van der Waals surface area contributed by atoms with Crippen molar-refractivity contribution in [3.8, 4) is 0 Å². The number of nitrogens with zero attached hydrogens (tertiary/aromatic N) is 3. The fourth-order valence-corrected chi connectivity index (χ4v) is 4.61. The summed E-state index contributed by atoms with van der Waals surface area (Å²) in [4.78, 5) is 8.61. The number of thiophene rings is 1. The minimum Gasteiger partial charge on any atom is -0.297 e. The molecule has 0 amide bonds. The molecule has 5 heteroatoms. The van der Waals surface area contributed by atoms with Crippen LogP contribution in [0.3, 0.4) is 0 Å². The summed E-state index contributed by atoms with van der Waals surface area (Å²) in [6, 6.07) is 2.72. The molecule has 20 heavy (non-hydrogen) atoms. The van der Waals surface area contributed by atoms with Gasteiger partial charge in [-0.05, 0) is 41.8 Å². The third-order valence-corrected chi connectivity index (χ3v) is 5.70. The van der Waals surface area contributed by atoms with Gasteiger partial charge in [0.2, 0.25) is 0 Å². The Morgan fingerprint density at radius 2 is 2.30 bits per heavy atom. The molecule has 104 valence electrons. The summed E-state index contributed by atoms with van der Waals surface area (Å²) in [5.41, 5.74) is 2.71.